The number of rotatable bonds is 5. The SMILES string of the molecule is COc1cc(Nc2cccnc2C#N)cc(OC)c1OC. The van der Waals surface area contributed by atoms with Gasteiger partial charge in [0.25, 0.3) is 0 Å². The second-order valence-corrected chi connectivity index (χ2v) is 4.05. The lowest BCUT2D eigenvalue weighted by molar-refractivity contribution is 0.324. The lowest BCUT2D eigenvalue weighted by Gasteiger charge is -2.15. The zero-order chi connectivity index (χ0) is 15.2. The number of aromatic nitrogens is 1. The van der Waals surface area contributed by atoms with E-state index in [1.54, 1.807) is 51.8 Å². The molecule has 0 spiro atoms. The summed E-state index contributed by atoms with van der Waals surface area (Å²) in [5, 5.41) is 12.2. The highest BCUT2D eigenvalue weighted by Crippen LogP contribution is 2.40. The van der Waals surface area contributed by atoms with Crippen molar-refractivity contribution < 1.29 is 14.2 Å². The molecular formula is C15H15N3O3. The molecule has 0 aliphatic carbocycles. The molecule has 0 fully saturated rings. The van der Waals surface area contributed by atoms with Crippen LogP contribution in [0.15, 0.2) is 30.5 Å². The summed E-state index contributed by atoms with van der Waals surface area (Å²) >= 11 is 0. The van der Waals surface area contributed by atoms with E-state index < -0.39 is 0 Å². The fourth-order valence-corrected chi connectivity index (χ4v) is 1.90. The molecule has 0 aliphatic heterocycles. The second-order valence-electron chi connectivity index (χ2n) is 4.05. The summed E-state index contributed by atoms with van der Waals surface area (Å²) in [6, 6.07) is 9.08. The highest BCUT2D eigenvalue weighted by molar-refractivity contribution is 5.70. The van der Waals surface area contributed by atoms with Gasteiger partial charge in [-0.05, 0) is 12.1 Å². The zero-order valence-electron chi connectivity index (χ0n) is 12.0. The van der Waals surface area contributed by atoms with E-state index in [0.717, 1.165) is 0 Å². The predicted octanol–water partition coefficient (Wildman–Crippen LogP) is 2.72. The van der Waals surface area contributed by atoms with Gasteiger partial charge in [0.1, 0.15) is 6.07 Å². The first-order chi connectivity index (χ1) is 10.2. The molecule has 6 nitrogen and oxygen atoms in total. The highest BCUT2D eigenvalue weighted by Gasteiger charge is 2.14. The Balaban J connectivity index is 2.43. The molecule has 108 valence electrons. The minimum Gasteiger partial charge on any atom is -0.493 e. The molecule has 21 heavy (non-hydrogen) atoms. The maximum absolute atomic E-state index is 9.06. The Labute approximate surface area is 122 Å². The molecule has 1 aromatic carbocycles. The van der Waals surface area contributed by atoms with E-state index in [4.69, 9.17) is 19.5 Å². The topological polar surface area (TPSA) is 76.4 Å². The van der Waals surface area contributed by atoms with Crippen LogP contribution >= 0.6 is 0 Å². The van der Waals surface area contributed by atoms with Crippen LogP contribution < -0.4 is 19.5 Å². The van der Waals surface area contributed by atoms with Gasteiger partial charge in [-0.15, -0.1) is 0 Å². The largest absolute Gasteiger partial charge is 0.493 e. The number of nitriles is 1. The van der Waals surface area contributed by atoms with Crippen molar-refractivity contribution in [3.63, 3.8) is 0 Å². The van der Waals surface area contributed by atoms with Crippen molar-refractivity contribution in [3.8, 4) is 23.3 Å². The molecule has 0 saturated carbocycles. The first kappa shape index (κ1) is 14.5. The number of pyridine rings is 1. The lowest BCUT2D eigenvalue weighted by Crippen LogP contribution is -1.99. The third-order valence-corrected chi connectivity index (χ3v) is 2.86. The van der Waals surface area contributed by atoms with Crippen LogP contribution in [0.2, 0.25) is 0 Å². The molecule has 0 saturated heterocycles. The number of hydrogen-bond donors (Lipinski definition) is 1. The normalized spacial score (nSPS) is 9.62. The minimum atomic E-state index is 0.311. The monoisotopic (exact) mass is 285 g/mol. The molecule has 0 radical (unpaired) electrons. The van der Waals surface area contributed by atoms with E-state index in [0.29, 0.717) is 34.3 Å². The molecule has 2 aromatic rings. The van der Waals surface area contributed by atoms with Crippen molar-refractivity contribution in [1.82, 2.24) is 4.98 Å². The highest BCUT2D eigenvalue weighted by atomic mass is 16.5. The molecule has 0 aliphatic rings. The van der Waals surface area contributed by atoms with Crippen molar-refractivity contribution in [1.29, 1.82) is 5.26 Å². The Morgan fingerprint density at radius 3 is 2.29 bits per heavy atom. The van der Waals surface area contributed by atoms with Crippen LogP contribution in [-0.4, -0.2) is 26.3 Å². The number of methoxy groups -OCH3 is 3. The van der Waals surface area contributed by atoms with Gasteiger partial charge in [0.05, 0.1) is 27.0 Å². The summed E-state index contributed by atoms with van der Waals surface area (Å²) in [6.45, 7) is 0. The third kappa shape index (κ3) is 2.98. The van der Waals surface area contributed by atoms with E-state index in [-0.39, 0.29) is 0 Å². The molecule has 0 unspecified atom stereocenters. The Bertz CT molecular complexity index is 655. The predicted molar refractivity (Wildman–Crippen MR) is 78.3 cm³/mol. The van der Waals surface area contributed by atoms with Crippen molar-refractivity contribution in [2.45, 2.75) is 0 Å². The summed E-state index contributed by atoms with van der Waals surface area (Å²) in [6.07, 6.45) is 1.57. The first-order valence-corrected chi connectivity index (χ1v) is 6.15. The van der Waals surface area contributed by atoms with Crippen molar-refractivity contribution >= 4 is 11.4 Å². The van der Waals surface area contributed by atoms with Crippen LogP contribution in [0.25, 0.3) is 0 Å². The smallest absolute Gasteiger partial charge is 0.203 e. The Hall–Kier alpha value is -2.94. The molecule has 6 heteroatoms. The van der Waals surface area contributed by atoms with Gasteiger partial charge < -0.3 is 19.5 Å². The average molecular weight is 285 g/mol. The van der Waals surface area contributed by atoms with Crippen LogP contribution in [-0.2, 0) is 0 Å². The van der Waals surface area contributed by atoms with E-state index >= 15 is 0 Å². The van der Waals surface area contributed by atoms with Crippen LogP contribution in [0, 0.1) is 11.3 Å². The van der Waals surface area contributed by atoms with E-state index in [9.17, 15) is 0 Å². The van der Waals surface area contributed by atoms with E-state index in [2.05, 4.69) is 10.3 Å². The minimum absolute atomic E-state index is 0.311. The van der Waals surface area contributed by atoms with Gasteiger partial charge >= 0.3 is 0 Å². The standard InChI is InChI=1S/C15H15N3O3/c1-19-13-7-10(8-14(20-2)15(13)21-3)18-11-5-4-6-17-12(11)9-16/h4-8,18H,1-3H3. The van der Waals surface area contributed by atoms with Crippen LogP contribution in [0.5, 0.6) is 17.2 Å². The molecule has 0 bridgehead atoms. The van der Waals surface area contributed by atoms with Gasteiger partial charge in [-0.3, -0.25) is 0 Å². The van der Waals surface area contributed by atoms with Crippen molar-refractivity contribution in [2.24, 2.45) is 0 Å². The number of benzene rings is 1. The van der Waals surface area contributed by atoms with Gasteiger partial charge in [0.15, 0.2) is 17.2 Å². The quantitative estimate of drug-likeness (QED) is 0.910. The summed E-state index contributed by atoms with van der Waals surface area (Å²) in [5.74, 6) is 1.57. The van der Waals surface area contributed by atoms with Crippen molar-refractivity contribution in [3.05, 3.63) is 36.2 Å². The zero-order valence-corrected chi connectivity index (χ0v) is 12.0. The van der Waals surface area contributed by atoms with Crippen molar-refractivity contribution in [2.75, 3.05) is 26.6 Å². The number of nitrogens with zero attached hydrogens (tertiary/aromatic N) is 2. The maximum atomic E-state index is 9.06. The first-order valence-electron chi connectivity index (χ1n) is 6.15. The molecule has 2 rings (SSSR count). The number of ether oxygens (including phenoxy) is 3. The number of nitrogens with one attached hydrogen (secondary N) is 1. The Kier molecular flexibility index (Phi) is 4.46. The summed E-state index contributed by atoms with van der Waals surface area (Å²) in [5.41, 5.74) is 1.62. The van der Waals surface area contributed by atoms with Gasteiger partial charge in [0, 0.05) is 24.0 Å². The second kappa shape index (κ2) is 6.48. The average Bonchev–Trinajstić information content (AvgIpc) is 2.54. The van der Waals surface area contributed by atoms with Crippen LogP contribution in [0.3, 0.4) is 0 Å². The molecular weight excluding hydrogens is 270 g/mol. The van der Waals surface area contributed by atoms with Gasteiger partial charge in [0.2, 0.25) is 5.75 Å². The number of anilines is 2. The molecule has 1 N–H and O–H groups in total. The van der Waals surface area contributed by atoms with Gasteiger partial charge in [-0.2, -0.15) is 5.26 Å². The third-order valence-electron chi connectivity index (χ3n) is 2.86. The van der Waals surface area contributed by atoms with E-state index in [1.165, 1.54) is 0 Å². The molecule has 0 amide bonds. The summed E-state index contributed by atoms with van der Waals surface area (Å²) in [4.78, 5) is 4.00. The Morgan fingerprint density at radius 2 is 1.76 bits per heavy atom. The summed E-state index contributed by atoms with van der Waals surface area (Å²) < 4.78 is 15.8. The maximum Gasteiger partial charge on any atom is 0.203 e. The van der Waals surface area contributed by atoms with E-state index in [1.807, 2.05) is 6.07 Å². The van der Waals surface area contributed by atoms with Crippen LogP contribution in [0.4, 0.5) is 11.4 Å². The number of hydrogen-bond acceptors (Lipinski definition) is 6. The fourth-order valence-electron chi connectivity index (χ4n) is 1.90. The molecule has 0 atom stereocenters. The summed E-state index contributed by atoms with van der Waals surface area (Å²) in [7, 11) is 4.64. The lowest BCUT2D eigenvalue weighted by atomic mass is 10.2. The molecule has 1 heterocycles. The van der Waals surface area contributed by atoms with Gasteiger partial charge in [-0.1, -0.05) is 0 Å². The van der Waals surface area contributed by atoms with Gasteiger partial charge in [-0.25, -0.2) is 4.98 Å². The fraction of sp³-hybridized carbons (Fsp3) is 0.200. The van der Waals surface area contributed by atoms with Crippen LogP contribution in [0.1, 0.15) is 5.69 Å². The Morgan fingerprint density at radius 1 is 1.10 bits per heavy atom. The molecule has 1 aromatic heterocycles.